The van der Waals surface area contributed by atoms with Crippen LogP contribution in [0.2, 0.25) is 0 Å². The summed E-state index contributed by atoms with van der Waals surface area (Å²) in [7, 11) is 7.29. The number of hydrogen-bond donors (Lipinski definition) is 1. The molecule has 1 heterocycles. The smallest absolute Gasteiger partial charge is 0.161 e. The van der Waals surface area contributed by atoms with Crippen molar-refractivity contribution in [3.63, 3.8) is 0 Å². The van der Waals surface area contributed by atoms with Gasteiger partial charge in [-0.1, -0.05) is 6.07 Å². The molecule has 4 rings (SSSR count). The largest absolute Gasteiger partial charge is 0.497 e. The number of likely N-dealkylation sites (N-methyl/N-ethyl adjacent to an activating group) is 1. The van der Waals surface area contributed by atoms with Crippen LogP contribution in [0.25, 0.3) is 0 Å². The molecule has 2 aliphatic rings. The van der Waals surface area contributed by atoms with Crippen molar-refractivity contribution in [2.24, 2.45) is 5.10 Å². The van der Waals surface area contributed by atoms with Crippen LogP contribution >= 0.6 is 0 Å². The normalized spacial score (nSPS) is 25.1. The van der Waals surface area contributed by atoms with E-state index in [1.165, 1.54) is 11.3 Å². The maximum Gasteiger partial charge on any atom is 0.161 e. The van der Waals surface area contributed by atoms with Crippen molar-refractivity contribution in [1.82, 2.24) is 4.90 Å². The number of benzene rings is 2. The zero-order valence-corrected chi connectivity index (χ0v) is 18.3. The molecular weight excluding hydrogens is 378 g/mol. The van der Waals surface area contributed by atoms with Crippen molar-refractivity contribution in [2.75, 3.05) is 40.3 Å². The van der Waals surface area contributed by atoms with Gasteiger partial charge in [-0.25, -0.2) is 0 Å². The summed E-state index contributed by atoms with van der Waals surface area (Å²) in [4.78, 5) is 2.48. The predicted molar refractivity (Wildman–Crippen MR) is 120 cm³/mol. The Balaban J connectivity index is 1.54. The van der Waals surface area contributed by atoms with E-state index in [1.807, 2.05) is 30.3 Å². The fourth-order valence-corrected chi connectivity index (χ4v) is 4.99. The van der Waals surface area contributed by atoms with Crippen LogP contribution in [0, 0.1) is 0 Å². The maximum atomic E-state index is 5.58. The molecule has 160 valence electrons. The van der Waals surface area contributed by atoms with E-state index in [0.29, 0.717) is 6.04 Å². The molecule has 6 heteroatoms. The molecule has 1 aliphatic heterocycles. The first-order chi connectivity index (χ1) is 14.6. The number of rotatable bonds is 6. The Morgan fingerprint density at radius 1 is 0.967 bits per heavy atom. The molecule has 6 nitrogen and oxygen atoms in total. The van der Waals surface area contributed by atoms with Gasteiger partial charge in [-0.2, -0.15) is 5.10 Å². The lowest BCUT2D eigenvalue weighted by atomic mass is 9.65. The summed E-state index contributed by atoms with van der Waals surface area (Å²) >= 11 is 0. The van der Waals surface area contributed by atoms with E-state index in [4.69, 9.17) is 19.3 Å². The lowest BCUT2D eigenvalue weighted by Crippen LogP contribution is -2.46. The van der Waals surface area contributed by atoms with Crippen LogP contribution in [0.5, 0.6) is 17.2 Å². The van der Waals surface area contributed by atoms with E-state index in [2.05, 4.69) is 29.5 Å². The number of hydrogen-bond acceptors (Lipinski definition) is 6. The molecule has 2 aromatic carbocycles. The second-order valence-corrected chi connectivity index (χ2v) is 8.19. The van der Waals surface area contributed by atoms with E-state index >= 15 is 0 Å². The number of methoxy groups -OCH3 is 3. The first kappa shape index (κ1) is 20.5. The molecule has 0 amide bonds. The van der Waals surface area contributed by atoms with E-state index in [9.17, 15) is 0 Å². The molecule has 30 heavy (non-hydrogen) atoms. The topological polar surface area (TPSA) is 55.3 Å². The van der Waals surface area contributed by atoms with Gasteiger partial charge in [0.2, 0.25) is 0 Å². The Bertz CT molecular complexity index is 912. The van der Waals surface area contributed by atoms with E-state index < -0.39 is 0 Å². The fraction of sp³-hybridized carbons (Fsp3) is 0.458. The Morgan fingerprint density at radius 3 is 2.43 bits per heavy atom. The monoisotopic (exact) mass is 409 g/mol. The highest BCUT2D eigenvalue weighted by Gasteiger charge is 2.49. The number of likely N-dealkylation sites (tertiary alicyclic amines) is 1. The van der Waals surface area contributed by atoms with Gasteiger partial charge in [-0.05, 0) is 74.8 Å². The summed E-state index contributed by atoms with van der Waals surface area (Å²) in [5.41, 5.74) is 6.89. The van der Waals surface area contributed by atoms with Crippen LogP contribution in [0.1, 0.15) is 31.2 Å². The van der Waals surface area contributed by atoms with Gasteiger partial charge >= 0.3 is 0 Å². The average Bonchev–Trinajstić information content (AvgIpc) is 3.14. The molecule has 2 atom stereocenters. The number of ether oxygens (including phenoxy) is 3. The van der Waals surface area contributed by atoms with Gasteiger partial charge in [0.05, 0.1) is 27.0 Å². The van der Waals surface area contributed by atoms with Gasteiger partial charge in [0, 0.05) is 23.6 Å². The van der Waals surface area contributed by atoms with E-state index in [1.54, 1.807) is 21.3 Å². The highest BCUT2D eigenvalue weighted by atomic mass is 16.5. The van der Waals surface area contributed by atoms with E-state index in [0.717, 1.165) is 55.2 Å². The molecule has 1 unspecified atom stereocenters. The molecule has 1 saturated heterocycles. The first-order valence-electron chi connectivity index (χ1n) is 10.5. The third-order valence-corrected chi connectivity index (χ3v) is 6.76. The third kappa shape index (κ3) is 3.72. The van der Waals surface area contributed by atoms with E-state index in [-0.39, 0.29) is 5.41 Å². The van der Waals surface area contributed by atoms with Crippen molar-refractivity contribution >= 4 is 11.4 Å². The minimum Gasteiger partial charge on any atom is -0.497 e. The average molecular weight is 410 g/mol. The summed E-state index contributed by atoms with van der Waals surface area (Å²) in [5.74, 6) is 2.43. The Labute approximate surface area is 178 Å². The molecule has 0 bridgehead atoms. The zero-order chi connectivity index (χ0) is 21.1. The molecule has 0 spiro atoms. The van der Waals surface area contributed by atoms with Gasteiger partial charge in [-0.3, -0.25) is 5.43 Å². The van der Waals surface area contributed by atoms with Crippen molar-refractivity contribution in [2.45, 2.75) is 37.1 Å². The maximum absolute atomic E-state index is 5.58. The number of anilines is 1. The highest BCUT2D eigenvalue weighted by molar-refractivity contribution is 5.87. The number of fused-ring (bicyclic) bond motifs is 1. The quantitative estimate of drug-likeness (QED) is 0.721. The lowest BCUT2D eigenvalue weighted by Gasteiger charge is -2.42. The molecule has 2 fully saturated rings. The molecular formula is C24H31N3O3. The zero-order valence-electron chi connectivity index (χ0n) is 18.3. The van der Waals surface area contributed by atoms with Crippen LogP contribution in [-0.2, 0) is 5.41 Å². The SMILES string of the molecule is COc1ccc(N/N=C2/CC[C@@]3(c4ccc(OC)c(OC)c4)CCN(C)C3C2)cc1. The van der Waals surface area contributed by atoms with Gasteiger partial charge in [-0.15, -0.1) is 0 Å². The van der Waals surface area contributed by atoms with Crippen LogP contribution in [0.15, 0.2) is 47.6 Å². The standard InChI is InChI=1S/C24H31N3O3/c1-27-14-13-24(17-5-10-21(29-3)22(15-17)30-4)12-11-19(16-23(24)27)26-25-18-6-8-20(28-2)9-7-18/h5-10,15,23,25H,11-14,16H2,1-4H3/b26-19-/t23?,24-/m0/s1. The van der Waals surface area contributed by atoms with Crippen LogP contribution < -0.4 is 19.6 Å². The Kier molecular flexibility index (Phi) is 5.86. The Hall–Kier alpha value is -2.73. The number of nitrogens with zero attached hydrogens (tertiary/aromatic N) is 2. The van der Waals surface area contributed by atoms with Crippen LogP contribution in [0.3, 0.4) is 0 Å². The third-order valence-electron chi connectivity index (χ3n) is 6.76. The van der Waals surface area contributed by atoms with Gasteiger partial charge in [0.25, 0.3) is 0 Å². The van der Waals surface area contributed by atoms with Crippen molar-refractivity contribution in [1.29, 1.82) is 0 Å². The summed E-state index contributed by atoms with van der Waals surface area (Å²) in [6.45, 7) is 1.10. The summed E-state index contributed by atoms with van der Waals surface area (Å²) in [6.07, 6.45) is 4.19. The second-order valence-electron chi connectivity index (χ2n) is 8.19. The summed E-state index contributed by atoms with van der Waals surface area (Å²) in [5, 5.41) is 4.74. The van der Waals surface area contributed by atoms with Crippen molar-refractivity contribution in [3.05, 3.63) is 48.0 Å². The number of nitrogens with one attached hydrogen (secondary N) is 1. The van der Waals surface area contributed by atoms with Crippen LogP contribution in [-0.4, -0.2) is 51.6 Å². The molecule has 2 aromatic rings. The lowest BCUT2D eigenvalue weighted by molar-refractivity contribution is 0.226. The molecule has 0 radical (unpaired) electrons. The molecule has 1 aliphatic carbocycles. The Morgan fingerprint density at radius 2 is 1.73 bits per heavy atom. The number of hydrazone groups is 1. The minimum atomic E-state index is 0.132. The molecule has 1 N–H and O–H groups in total. The fourth-order valence-electron chi connectivity index (χ4n) is 4.99. The predicted octanol–water partition coefficient (Wildman–Crippen LogP) is 4.31. The van der Waals surface area contributed by atoms with Gasteiger partial charge < -0.3 is 19.1 Å². The summed E-state index contributed by atoms with van der Waals surface area (Å²) in [6, 6.07) is 14.7. The van der Waals surface area contributed by atoms with Crippen molar-refractivity contribution < 1.29 is 14.2 Å². The molecule has 0 aromatic heterocycles. The molecule has 1 saturated carbocycles. The minimum absolute atomic E-state index is 0.132. The van der Waals surface area contributed by atoms with Gasteiger partial charge in [0.15, 0.2) is 11.5 Å². The summed E-state index contributed by atoms with van der Waals surface area (Å²) < 4.78 is 16.2. The van der Waals surface area contributed by atoms with Crippen molar-refractivity contribution in [3.8, 4) is 17.2 Å². The highest BCUT2D eigenvalue weighted by Crippen LogP contribution is 2.49. The van der Waals surface area contributed by atoms with Gasteiger partial charge in [0.1, 0.15) is 5.75 Å². The van der Waals surface area contributed by atoms with Crippen LogP contribution in [0.4, 0.5) is 5.69 Å². The second kappa shape index (κ2) is 8.56. The first-order valence-corrected chi connectivity index (χ1v) is 10.5.